The van der Waals surface area contributed by atoms with E-state index in [0.29, 0.717) is 47.9 Å². The van der Waals surface area contributed by atoms with Crippen LogP contribution in [0.15, 0.2) is 48.5 Å². The molecule has 26 heavy (non-hydrogen) atoms. The molecule has 1 heterocycles. The second-order valence-electron chi connectivity index (χ2n) is 5.18. The van der Waals surface area contributed by atoms with Crippen molar-refractivity contribution in [1.82, 2.24) is 20.4 Å². The van der Waals surface area contributed by atoms with Crippen LogP contribution in [0.3, 0.4) is 0 Å². The summed E-state index contributed by atoms with van der Waals surface area (Å²) in [7, 11) is 0. The highest BCUT2D eigenvalue weighted by Crippen LogP contribution is 2.29. The molecule has 0 bridgehead atoms. The molecule has 3 aromatic rings. The minimum absolute atomic E-state index is 0.400. The lowest BCUT2D eigenvalue weighted by molar-refractivity contribution is 0.345. The molecule has 3 rings (SSSR count). The molecule has 0 saturated heterocycles. The molecule has 0 amide bonds. The maximum atomic E-state index is 5.68. The number of hydrogen-bond donors (Lipinski definition) is 2. The molecule has 0 aliphatic rings. The molecule has 0 saturated carbocycles. The number of benzene rings is 2. The summed E-state index contributed by atoms with van der Waals surface area (Å²) in [5, 5.41) is 16.9. The van der Waals surface area contributed by atoms with Gasteiger partial charge >= 0.3 is 0 Å². The third-order valence-electron chi connectivity index (χ3n) is 3.43. The number of nitrogens with zero attached hydrogens (tertiary/aromatic N) is 4. The van der Waals surface area contributed by atoms with E-state index in [0.717, 1.165) is 11.1 Å². The maximum Gasteiger partial charge on any atom is 0.207 e. The molecule has 6 nitrogen and oxygen atoms in total. The van der Waals surface area contributed by atoms with E-state index >= 15 is 0 Å². The molecule has 0 atom stereocenters. The second-order valence-corrected chi connectivity index (χ2v) is 6.08. The number of aromatic nitrogens is 4. The van der Waals surface area contributed by atoms with Crippen molar-refractivity contribution in [1.29, 1.82) is 0 Å². The van der Waals surface area contributed by atoms with Gasteiger partial charge in [-0.2, -0.15) is 25.3 Å². The van der Waals surface area contributed by atoms with Crippen molar-refractivity contribution >= 4 is 25.3 Å². The van der Waals surface area contributed by atoms with Crippen LogP contribution in [0.4, 0.5) is 0 Å². The van der Waals surface area contributed by atoms with Gasteiger partial charge in [-0.15, -0.1) is 20.4 Å². The summed E-state index contributed by atoms with van der Waals surface area (Å²) in [5.41, 5.74) is 1.47. The Morgan fingerprint density at radius 1 is 0.615 bits per heavy atom. The van der Waals surface area contributed by atoms with E-state index in [4.69, 9.17) is 9.47 Å². The van der Waals surface area contributed by atoms with Crippen LogP contribution in [0.25, 0.3) is 22.8 Å². The predicted octanol–water partition coefficient (Wildman–Crippen LogP) is 3.22. The molecule has 8 heteroatoms. The molecule has 0 fully saturated rings. The average molecular weight is 387 g/mol. The van der Waals surface area contributed by atoms with Crippen LogP contribution in [0, 0.1) is 0 Å². The second kappa shape index (κ2) is 9.40. The van der Waals surface area contributed by atoms with Crippen LogP contribution in [0.1, 0.15) is 0 Å². The Kier molecular flexibility index (Phi) is 6.68. The summed E-state index contributed by atoms with van der Waals surface area (Å²) in [6.45, 7) is 0.990. The topological polar surface area (TPSA) is 70.0 Å². The number of rotatable bonds is 8. The molecule has 0 N–H and O–H groups in total. The number of thiol groups is 2. The Bertz CT molecular complexity index is 776. The standard InChI is InChI=1S/C18H18N4O2S2/c25-11-9-23-15-7-3-1-5-13(15)17-19-21-18(22-20-17)14-6-2-4-8-16(14)24-10-12-26/h1-8,25-26H,9-12H2. The smallest absolute Gasteiger partial charge is 0.207 e. The highest BCUT2D eigenvalue weighted by molar-refractivity contribution is 7.80. The monoisotopic (exact) mass is 386 g/mol. The Morgan fingerprint density at radius 2 is 1.00 bits per heavy atom. The Morgan fingerprint density at radius 3 is 1.38 bits per heavy atom. The molecule has 0 radical (unpaired) electrons. The van der Waals surface area contributed by atoms with E-state index in [-0.39, 0.29) is 0 Å². The van der Waals surface area contributed by atoms with Crippen molar-refractivity contribution in [2.24, 2.45) is 0 Å². The highest BCUT2D eigenvalue weighted by atomic mass is 32.1. The van der Waals surface area contributed by atoms with Crippen LogP contribution < -0.4 is 9.47 Å². The van der Waals surface area contributed by atoms with Crippen molar-refractivity contribution in [2.45, 2.75) is 0 Å². The summed E-state index contributed by atoms with van der Waals surface area (Å²) in [5.74, 6) is 3.39. The van der Waals surface area contributed by atoms with Gasteiger partial charge in [-0.1, -0.05) is 24.3 Å². The summed E-state index contributed by atoms with van der Waals surface area (Å²) >= 11 is 8.33. The van der Waals surface area contributed by atoms with Crippen molar-refractivity contribution in [3.63, 3.8) is 0 Å². The van der Waals surface area contributed by atoms with Gasteiger partial charge < -0.3 is 9.47 Å². The molecule has 0 aliphatic carbocycles. The molecule has 1 aromatic heterocycles. The number of hydrogen-bond acceptors (Lipinski definition) is 8. The predicted molar refractivity (Wildman–Crippen MR) is 107 cm³/mol. The van der Waals surface area contributed by atoms with E-state index in [2.05, 4.69) is 45.7 Å². The maximum absolute atomic E-state index is 5.68. The summed E-state index contributed by atoms with van der Waals surface area (Å²) in [4.78, 5) is 0. The van der Waals surface area contributed by atoms with E-state index in [1.54, 1.807) is 0 Å². The lowest BCUT2D eigenvalue weighted by Crippen LogP contribution is -2.04. The molecule has 0 unspecified atom stereocenters. The van der Waals surface area contributed by atoms with Crippen LogP contribution in [-0.2, 0) is 0 Å². The fourth-order valence-corrected chi connectivity index (χ4v) is 2.49. The van der Waals surface area contributed by atoms with Gasteiger partial charge in [0.25, 0.3) is 0 Å². The first kappa shape index (κ1) is 18.5. The SMILES string of the molecule is SCCOc1ccccc1-c1nnc(-c2ccccc2OCCS)nn1. The van der Waals surface area contributed by atoms with Crippen LogP contribution in [0.2, 0.25) is 0 Å². The molecule has 134 valence electrons. The van der Waals surface area contributed by atoms with Crippen molar-refractivity contribution < 1.29 is 9.47 Å². The first-order valence-electron chi connectivity index (χ1n) is 8.07. The van der Waals surface area contributed by atoms with Gasteiger partial charge in [0.2, 0.25) is 11.6 Å². The van der Waals surface area contributed by atoms with Gasteiger partial charge in [-0.25, -0.2) is 0 Å². The number of ether oxygens (including phenoxy) is 2. The first-order valence-corrected chi connectivity index (χ1v) is 9.33. The Labute approximate surface area is 162 Å². The summed E-state index contributed by atoms with van der Waals surface area (Å²) < 4.78 is 11.4. The normalized spacial score (nSPS) is 10.5. The Balaban J connectivity index is 1.89. The van der Waals surface area contributed by atoms with E-state index < -0.39 is 0 Å². The zero-order chi connectivity index (χ0) is 18.2. The zero-order valence-corrected chi connectivity index (χ0v) is 15.7. The average Bonchev–Trinajstić information content (AvgIpc) is 2.71. The lowest BCUT2D eigenvalue weighted by atomic mass is 10.2. The summed E-state index contributed by atoms with van der Waals surface area (Å²) in [6, 6.07) is 15.0. The minimum atomic E-state index is 0.400. The van der Waals surface area contributed by atoms with Crippen LogP contribution in [-0.4, -0.2) is 45.1 Å². The molecular weight excluding hydrogens is 368 g/mol. The third-order valence-corrected chi connectivity index (χ3v) is 3.80. The fourth-order valence-electron chi connectivity index (χ4n) is 2.31. The van der Waals surface area contributed by atoms with E-state index in [9.17, 15) is 0 Å². The van der Waals surface area contributed by atoms with E-state index in [1.807, 2.05) is 48.5 Å². The Hall–Kier alpha value is -2.32. The van der Waals surface area contributed by atoms with Crippen molar-refractivity contribution in [3.05, 3.63) is 48.5 Å². The van der Waals surface area contributed by atoms with Gasteiger partial charge in [0.05, 0.1) is 24.3 Å². The van der Waals surface area contributed by atoms with Gasteiger partial charge in [-0.3, -0.25) is 0 Å². The zero-order valence-electron chi connectivity index (χ0n) is 13.9. The molecular formula is C18H18N4O2S2. The fraction of sp³-hybridized carbons (Fsp3) is 0.222. The molecule has 2 aromatic carbocycles. The van der Waals surface area contributed by atoms with Crippen LogP contribution >= 0.6 is 25.3 Å². The molecule has 0 aliphatic heterocycles. The van der Waals surface area contributed by atoms with Gasteiger partial charge in [0, 0.05) is 11.5 Å². The lowest BCUT2D eigenvalue weighted by Gasteiger charge is -2.10. The largest absolute Gasteiger partial charge is 0.492 e. The van der Waals surface area contributed by atoms with Gasteiger partial charge in [-0.05, 0) is 24.3 Å². The van der Waals surface area contributed by atoms with Gasteiger partial charge in [0.1, 0.15) is 11.5 Å². The highest BCUT2D eigenvalue weighted by Gasteiger charge is 2.13. The van der Waals surface area contributed by atoms with E-state index in [1.165, 1.54) is 0 Å². The molecule has 0 spiro atoms. The van der Waals surface area contributed by atoms with Gasteiger partial charge in [0.15, 0.2) is 0 Å². The van der Waals surface area contributed by atoms with Crippen molar-refractivity contribution in [3.8, 4) is 34.3 Å². The van der Waals surface area contributed by atoms with Crippen LogP contribution in [0.5, 0.6) is 11.5 Å². The first-order chi connectivity index (χ1) is 12.8. The number of para-hydroxylation sites is 2. The third kappa shape index (κ3) is 4.44. The minimum Gasteiger partial charge on any atom is -0.492 e. The summed E-state index contributed by atoms with van der Waals surface area (Å²) in [6.07, 6.45) is 0. The van der Waals surface area contributed by atoms with Crippen molar-refractivity contribution in [2.75, 3.05) is 24.7 Å². The quantitative estimate of drug-likeness (QED) is 0.580.